The van der Waals surface area contributed by atoms with Crippen LogP contribution in [0.5, 0.6) is 0 Å². The first-order valence-corrected chi connectivity index (χ1v) is 6.26. The lowest BCUT2D eigenvalue weighted by molar-refractivity contribution is -0.0432. The Balaban J connectivity index is 2.02. The molecule has 1 saturated heterocycles. The molecule has 0 radical (unpaired) electrons. The van der Waals surface area contributed by atoms with Gasteiger partial charge in [-0.05, 0) is 0 Å². The Hall–Kier alpha value is -1.97. The highest BCUT2D eigenvalue weighted by Crippen LogP contribution is 2.31. The molecule has 0 aliphatic carbocycles. The molecule has 5 N–H and O–H groups in total. The van der Waals surface area contributed by atoms with Crippen LogP contribution in [0, 0.1) is 0 Å². The predicted molar refractivity (Wildman–Crippen MR) is 70.9 cm³/mol. The van der Waals surface area contributed by atoms with E-state index in [1.165, 1.54) is 0 Å². The largest absolute Gasteiger partial charge is 0.394 e. The number of aliphatic hydroxyl groups excluding tert-OH is 2. The summed E-state index contributed by atoms with van der Waals surface area (Å²) in [5, 5.41) is 21.7. The van der Waals surface area contributed by atoms with Gasteiger partial charge in [-0.3, -0.25) is 4.57 Å². The van der Waals surface area contributed by atoms with Crippen LogP contribution in [0.2, 0.25) is 0 Å². The Morgan fingerprint density at radius 2 is 2.35 bits per heavy atom. The number of aromatic nitrogens is 4. The summed E-state index contributed by atoms with van der Waals surface area (Å²) in [6.45, 7) is -0.233. The Morgan fingerprint density at radius 3 is 3.00 bits per heavy atom. The number of nitrogens with two attached hydrogens (primary N) is 1. The molecule has 2 aromatic heterocycles. The molecule has 0 spiro atoms. The summed E-state index contributed by atoms with van der Waals surface area (Å²) in [6, 6.07) is 0. The van der Waals surface area contributed by atoms with Gasteiger partial charge in [0, 0.05) is 13.5 Å². The van der Waals surface area contributed by atoms with E-state index in [0.29, 0.717) is 23.5 Å². The van der Waals surface area contributed by atoms with Gasteiger partial charge in [-0.1, -0.05) is 0 Å². The molecule has 1 aliphatic rings. The zero-order chi connectivity index (χ0) is 14.3. The average molecular weight is 280 g/mol. The summed E-state index contributed by atoms with van der Waals surface area (Å²) in [5.74, 6) is 0.657. The molecule has 0 amide bonds. The van der Waals surface area contributed by atoms with Crippen molar-refractivity contribution in [3.8, 4) is 0 Å². The van der Waals surface area contributed by atoms with Crippen molar-refractivity contribution in [2.24, 2.45) is 0 Å². The van der Waals surface area contributed by atoms with Crippen LogP contribution >= 0.6 is 0 Å². The fraction of sp³-hybridized carbons (Fsp3) is 0.545. The normalized spacial score (nSPS) is 26.2. The maximum Gasteiger partial charge on any atom is 0.226 e. The highest BCUT2D eigenvalue weighted by atomic mass is 16.5. The summed E-state index contributed by atoms with van der Waals surface area (Å²) < 4.78 is 7.28. The molecule has 20 heavy (non-hydrogen) atoms. The Bertz CT molecular complexity index is 630. The minimum absolute atomic E-state index is 0.233. The molecule has 108 valence electrons. The van der Waals surface area contributed by atoms with Crippen molar-refractivity contribution >= 4 is 22.9 Å². The van der Waals surface area contributed by atoms with E-state index in [-0.39, 0.29) is 12.4 Å². The highest BCUT2D eigenvalue weighted by Gasteiger charge is 2.35. The minimum atomic E-state index is -0.717. The Kier molecular flexibility index (Phi) is 3.16. The van der Waals surface area contributed by atoms with Gasteiger partial charge >= 0.3 is 0 Å². The van der Waals surface area contributed by atoms with Crippen LogP contribution in [-0.2, 0) is 4.74 Å². The molecule has 1 aliphatic heterocycles. The third-order valence-electron chi connectivity index (χ3n) is 3.37. The summed E-state index contributed by atoms with van der Waals surface area (Å²) in [5.41, 5.74) is 6.83. The van der Waals surface area contributed by atoms with Gasteiger partial charge in [0.15, 0.2) is 11.5 Å². The average Bonchev–Trinajstić information content (AvgIpc) is 3.01. The number of nitrogens with zero attached hydrogens (tertiary/aromatic N) is 4. The highest BCUT2D eigenvalue weighted by molar-refractivity contribution is 5.82. The monoisotopic (exact) mass is 280 g/mol. The standard InChI is InChI=1S/C11H16N6O3/c1-13-11-15-9(12)8-10(16-11)17(4-14-8)7-2-5(19)6(3-18)20-7/h4-7,18-19H,2-3H2,1H3,(H3,12,13,15,16)/t5-,6+,7+/m1/s1. The maximum atomic E-state index is 9.80. The molecule has 0 bridgehead atoms. The molecular formula is C11H16N6O3. The molecule has 3 atom stereocenters. The fourth-order valence-corrected chi connectivity index (χ4v) is 2.31. The summed E-state index contributed by atoms with van der Waals surface area (Å²) >= 11 is 0. The number of nitrogens with one attached hydrogen (secondary N) is 1. The van der Waals surface area contributed by atoms with Crippen LogP contribution in [0.25, 0.3) is 11.2 Å². The van der Waals surface area contributed by atoms with E-state index < -0.39 is 18.4 Å². The van der Waals surface area contributed by atoms with E-state index in [2.05, 4.69) is 20.3 Å². The van der Waals surface area contributed by atoms with E-state index in [9.17, 15) is 5.11 Å². The van der Waals surface area contributed by atoms with Crippen molar-refractivity contribution in [1.29, 1.82) is 0 Å². The molecule has 2 aromatic rings. The number of hydrogen-bond donors (Lipinski definition) is 4. The first kappa shape index (κ1) is 13.0. The van der Waals surface area contributed by atoms with Gasteiger partial charge in [0.05, 0.1) is 19.0 Å². The number of nitrogen functional groups attached to an aromatic ring is 1. The van der Waals surface area contributed by atoms with E-state index in [4.69, 9.17) is 15.6 Å². The van der Waals surface area contributed by atoms with Crippen LogP contribution < -0.4 is 11.1 Å². The van der Waals surface area contributed by atoms with Gasteiger partial charge in [0.2, 0.25) is 5.95 Å². The van der Waals surface area contributed by atoms with Crippen LogP contribution in [-0.4, -0.2) is 55.6 Å². The van der Waals surface area contributed by atoms with Gasteiger partial charge in [0.1, 0.15) is 17.8 Å². The second-order valence-corrected chi connectivity index (χ2v) is 4.62. The van der Waals surface area contributed by atoms with Gasteiger partial charge in [-0.2, -0.15) is 9.97 Å². The summed E-state index contributed by atoms with van der Waals surface area (Å²) in [4.78, 5) is 12.5. The molecule has 9 heteroatoms. The van der Waals surface area contributed by atoms with Crippen LogP contribution in [0.4, 0.5) is 11.8 Å². The molecule has 0 unspecified atom stereocenters. The van der Waals surface area contributed by atoms with Crippen molar-refractivity contribution in [3.63, 3.8) is 0 Å². The molecule has 0 saturated carbocycles. The third kappa shape index (κ3) is 1.96. The topological polar surface area (TPSA) is 131 Å². The van der Waals surface area contributed by atoms with Gasteiger partial charge in [-0.25, -0.2) is 4.98 Å². The quantitative estimate of drug-likeness (QED) is 0.568. The smallest absolute Gasteiger partial charge is 0.226 e. The van der Waals surface area contributed by atoms with Crippen molar-refractivity contribution in [2.75, 3.05) is 24.7 Å². The van der Waals surface area contributed by atoms with Gasteiger partial charge < -0.3 is 26.0 Å². The van der Waals surface area contributed by atoms with Crippen molar-refractivity contribution in [1.82, 2.24) is 19.5 Å². The minimum Gasteiger partial charge on any atom is -0.394 e. The lowest BCUT2D eigenvalue weighted by Gasteiger charge is -2.13. The van der Waals surface area contributed by atoms with E-state index in [0.717, 1.165) is 0 Å². The fourth-order valence-electron chi connectivity index (χ4n) is 2.31. The van der Waals surface area contributed by atoms with Gasteiger partial charge in [0.25, 0.3) is 0 Å². The number of imidazole rings is 1. The molecule has 3 rings (SSSR count). The van der Waals surface area contributed by atoms with E-state index in [1.807, 2.05) is 0 Å². The van der Waals surface area contributed by atoms with Crippen LogP contribution in [0.3, 0.4) is 0 Å². The van der Waals surface area contributed by atoms with E-state index >= 15 is 0 Å². The molecule has 3 heterocycles. The number of rotatable bonds is 3. The van der Waals surface area contributed by atoms with Crippen LogP contribution in [0.1, 0.15) is 12.6 Å². The van der Waals surface area contributed by atoms with Gasteiger partial charge in [-0.15, -0.1) is 0 Å². The van der Waals surface area contributed by atoms with Crippen molar-refractivity contribution < 1.29 is 14.9 Å². The lowest BCUT2D eigenvalue weighted by Crippen LogP contribution is -2.24. The number of anilines is 2. The predicted octanol–water partition coefficient (Wildman–Crippen LogP) is -0.909. The maximum absolute atomic E-state index is 9.80. The summed E-state index contributed by atoms with van der Waals surface area (Å²) in [7, 11) is 1.69. The Labute approximate surface area is 114 Å². The SMILES string of the molecule is CNc1nc(N)c2ncn([C@@H]3C[C@@H](O)[C@H](CO)O3)c2n1. The van der Waals surface area contributed by atoms with Crippen LogP contribution in [0.15, 0.2) is 6.33 Å². The zero-order valence-corrected chi connectivity index (χ0v) is 10.9. The zero-order valence-electron chi connectivity index (χ0n) is 10.9. The van der Waals surface area contributed by atoms with Crippen molar-refractivity contribution in [3.05, 3.63) is 6.33 Å². The number of hydrogen-bond acceptors (Lipinski definition) is 8. The number of ether oxygens (including phenoxy) is 1. The number of aliphatic hydroxyl groups is 2. The Morgan fingerprint density at radius 1 is 1.55 bits per heavy atom. The third-order valence-corrected chi connectivity index (χ3v) is 3.37. The molecule has 9 nitrogen and oxygen atoms in total. The second kappa shape index (κ2) is 4.85. The molecule has 1 fully saturated rings. The number of fused-ring (bicyclic) bond motifs is 1. The van der Waals surface area contributed by atoms with E-state index in [1.54, 1.807) is 17.9 Å². The lowest BCUT2D eigenvalue weighted by atomic mass is 10.2. The molecule has 0 aromatic carbocycles. The first-order valence-electron chi connectivity index (χ1n) is 6.26. The second-order valence-electron chi connectivity index (χ2n) is 4.62. The van der Waals surface area contributed by atoms with Crippen molar-refractivity contribution in [2.45, 2.75) is 24.9 Å². The first-order chi connectivity index (χ1) is 9.63. The molecular weight excluding hydrogens is 264 g/mol. The summed E-state index contributed by atoms with van der Waals surface area (Å²) in [6.07, 6.45) is 0.152.